The molecule has 132 valence electrons. The van der Waals surface area contributed by atoms with E-state index in [0.717, 1.165) is 37.4 Å². The molecule has 0 saturated carbocycles. The van der Waals surface area contributed by atoms with Gasteiger partial charge in [0.25, 0.3) is 0 Å². The zero-order chi connectivity index (χ0) is 17.2. The van der Waals surface area contributed by atoms with Gasteiger partial charge in [0.15, 0.2) is 0 Å². The number of carbonyl (C=O) groups is 1. The molecule has 3 nitrogen and oxygen atoms in total. The van der Waals surface area contributed by atoms with Gasteiger partial charge in [0, 0.05) is 30.7 Å². The zero-order valence-corrected chi connectivity index (χ0v) is 15.8. The first-order valence-electron chi connectivity index (χ1n) is 9.30. The second-order valence-corrected chi connectivity index (χ2v) is 7.58. The van der Waals surface area contributed by atoms with Crippen molar-refractivity contribution >= 4 is 18.6 Å². The number of piperidine rings is 1. The van der Waals surface area contributed by atoms with Gasteiger partial charge in [-0.3, -0.25) is 4.79 Å². The molecule has 1 heterocycles. The van der Waals surface area contributed by atoms with Gasteiger partial charge in [0.1, 0.15) is 5.75 Å². The van der Waals surface area contributed by atoms with Crippen LogP contribution in [0.15, 0.2) is 18.2 Å². The van der Waals surface area contributed by atoms with E-state index in [2.05, 4.69) is 36.6 Å². The van der Waals surface area contributed by atoms with Gasteiger partial charge in [-0.05, 0) is 55.3 Å². The molecule has 0 aromatic heterocycles. The molecule has 2 unspecified atom stereocenters. The summed E-state index contributed by atoms with van der Waals surface area (Å²) in [5.41, 5.74) is 2.96. The third-order valence-corrected chi connectivity index (χ3v) is 6.31. The quantitative estimate of drug-likeness (QED) is 0.498. The van der Waals surface area contributed by atoms with Crippen molar-refractivity contribution in [1.29, 1.82) is 0 Å². The molecule has 24 heavy (non-hydrogen) atoms. The van der Waals surface area contributed by atoms with E-state index in [9.17, 15) is 4.79 Å². The molecule has 1 aliphatic carbocycles. The Hall–Kier alpha value is -1.00. The number of hydrogen-bond acceptors (Lipinski definition) is 4. The number of benzene rings is 1. The van der Waals surface area contributed by atoms with E-state index in [1.807, 2.05) is 13.0 Å². The van der Waals surface area contributed by atoms with E-state index in [1.54, 1.807) is 0 Å². The highest BCUT2D eigenvalue weighted by Crippen LogP contribution is 2.50. The lowest BCUT2D eigenvalue weighted by molar-refractivity contribution is -0.134. The van der Waals surface area contributed by atoms with Gasteiger partial charge in [-0.25, -0.2) is 0 Å². The van der Waals surface area contributed by atoms with Crippen LogP contribution in [0.4, 0.5) is 0 Å². The Morgan fingerprint density at radius 3 is 2.96 bits per heavy atom. The summed E-state index contributed by atoms with van der Waals surface area (Å²) in [6, 6.07) is 6.31. The van der Waals surface area contributed by atoms with Crippen molar-refractivity contribution in [2.75, 3.05) is 25.4 Å². The predicted octanol–water partition coefficient (Wildman–Crippen LogP) is 3.85. The fraction of sp³-hybridized carbons (Fsp3) is 0.650. The molecule has 3 rings (SSSR count). The number of rotatable bonds is 5. The number of nitrogens with zero attached hydrogens (tertiary/aromatic N) is 1. The van der Waals surface area contributed by atoms with Crippen LogP contribution in [0.2, 0.25) is 0 Å². The van der Waals surface area contributed by atoms with Crippen molar-refractivity contribution in [3.63, 3.8) is 0 Å². The molecule has 2 aliphatic rings. The Morgan fingerprint density at radius 2 is 2.25 bits per heavy atom. The van der Waals surface area contributed by atoms with Crippen LogP contribution in [-0.2, 0) is 16.6 Å². The largest absolute Gasteiger partial charge is 0.426 e. The van der Waals surface area contributed by atoms with Crippen LogP contribution >= 0.6 is 12.6 Å². The summed E-state index contributed by atoms with van der Waals surface area (Å²) in [6.45, 7) is 7.57. The summed E-state index contributed by atoms with van der Waals surface area (Å²) in [6.07, 6.45) is 4.98. The van der Waals surface area contributed by atoms with E-state index in [4.69, 9.17) is 4.74 Å². The van der Waals surface area contributed by atoms with Gasteiger partial charge >= 0.3 is 5.97 Å². The summed E-state index contributed by atoms with van der Waals surface area (Å²) in [5.74, 6) is 2.28. The fourth-order valence-electron chi connectivity index (χ4n) is 4.76. The molecular weight excluding hydrogens is 318 g/mol. The molecule has 1 aromatic rings. The number of likely N-dealkylation sites (tertiary alicyclic amines) is 1. The molecule has 0 bridgehead atoms. The van der Waals surface area contributed by atoms with Crippen molar-refractivity contribution in [1.82, 2.24) is 4.90 Å². The van der Waals surface area contributed by atoms with Gasteiger partial charge in [0.05, 0.1) is 0 Å². The first-order chi connectivity index (χ1) is 11.6. The van der Waals surface area contributed by atoms with E-state index in [-0.39, 0.29) is 11.4 Å². The highest BCUT2D eigenvalue weighted by atomic mass is 32.1. The molecule has 0 amide bonds. The minimum absolute atomic E-state index is 0.139. The average Bonchev–Trinajstić information content (AvgIpc) is 2.61. The summed E-state index contributed by atoms with van der Waals surface area (Å²) >= 11 is 4.40. The Labute approximate surface area is 151 Å². The van der Waals surface area contributed by atoms with Crippen LogP contribution in [0.5, 0.6) is 5.75 Å². The standard InChI is InChI=1S/C20H29NO2S/c1-3-19(22)23-18-7-5-6-17-16(18)9-8-15-14-21(12-13-24)11-10-20(15,17)4-2/h5-7,15,24H,3-4,8-14H2,1-2H3. The number of ether oxygens (including phenoxy) is 1. The van der Waals surface area contributed by atoms with Crippen LogP contribution in [0.25, 0.3) is 0 Å². The van der Waals surface area contributed by atoms with Gasteiger partial charge in [0.2, 0.25) is 0 Å². The topological polar surface area (TPSA) is 29.5 Å². The van der Waals surface area contributed by atoms with Crippen molar-refractivity contribution in [2.24, 2.45) is 5.92 Å². The molecule has 1 aromatic carbocycles. The molecular formula is C20H29NO2S. The molecule has 0 N–H and O–H groups in total. The minimum Gasteiger partial charge on any atom is -0.426 e. The lowest BCUT2D eigenvalue weighted by Crippen LogP contribution is -2.52. The van der Waals surface area contributed by atoms with E-state index < -0.39 is 0 Å². The first kappa shape index (κ1) is 17.8. The van der Waals surface area contributed by atoms with Crippen molar-refractivity contribution in [2.45, 2.75) is 51.4 Å². The van der Waals surface area contributed by atoms with Crippen LogP contribution in [0.3, 0.4) is 0 Å². The van der Waals surface area contributed by atoms with Crippen LogP contribution in [-0.4, -0.2) is 36.3 Å². The molecule has 0 radical (unpaired) electrons. The predicted molar refractivity (Wildman–Crippen MR) is 101 cm³/mol. The third-order valence-electron chi connectivity index (χ3n) is 6.11. The maximum atomic E-state index is 11.8. The Balaban J connectivity index is 1.94. The maximum Gasteiger partial charge on any atom is 0.310 e. The van der Waals surface area contributed by atoms with Crippen LogP contribution in [0.1, 0.15) is 50.7 Å². The summed E-state index contributed by atoms with van der Waals surface area (Å²) in [5, 5.41) is 0. The van der Waals surface area contributed by atoms with Crippen LogP contribution in [0, 0.1) is 5.92 Å². The third kappa shape index (κ3) is 3.11. The average molecular weight is 348 g/mol. The SMILES string of the molecule is CCC(=O)Oc1cccc2c1CCC1CN(CCS)CCC21CC. The Morgan fingerprint density at radius 1 is 1.42 bits per heavy atom. The second kappa shape index (κ2) is 7.49. The first-order valence-corrected chi connectivity index (χ1v) is 9.94. The number of carbonyl (C=O) groups excluding carboxylic acids is 1. The molecule has 1 aliphatic heterocycles. The van der Waals surface area contributed by atoms with Crippen molar-refractivity contribution in [3.05, 3.63) is 29.3 Å². The monoisotopic (exact) mass is 347 g/mol. The normalized spacial score (nSPS) is 26.5. The van der Waals surface area contributed by atoms with Gasteiger partial charge in [-0.15, -0.1) is 0 Å². The maximum absolute atomic E-state index is 11.8. The lowest BCUT2D eigenvalue weighted by Gasteiger charge is -2.51. The summed E-state index contributed by atoms with van der Waals surface area (Å²) in [7, 11) is 0. The smallest absolute Gasteiger partial charge is 0.310 e. The van der Waals surface area contributed by atoms with Gasteiger partial charge < -0.3 is 9.64 Å². The zero-order valence-electron chi connectivity index (χ0n) is 14.9. The second-order valence-electron chi connectivity index (χ2n) is 7.13. The van der Waals surface area contributed by atoms with Crippen molar-refractivity contribution < 1.29 is 9.53 Å². The fourth-order valence-corrected chi connectivity index (χ4v) is 5.04. The van der Waals surface area contributed by atoms with Gasteiger partial charge in [-0.2, -0.15) is 12.6 Å². The van der Waals surface area contributed by atoms with Crippen LogP contribution < -0.4 is 4.74 Å². The molecule has 2 atom stereocenters. The lowest BCUT2D eigenvalue weighted by atomic mass is 9.58. The molecule has 1 saturated heterocycles. The highest BCUT2D eigenvalue weighted by Gasteiger charge is 2.46. The molecule has 0 spiro atoms. The Kier molecular flexibility index (Phi) is 5.56. The number of fused-ring (bicyclic) bond motifs is 3. The van der Waals surface area contributed by atoms with E-state index in [1.165, 1.54) is 30.5 Å². The molecule has 4 heteroatoms. The van der Waals surface area contributed by atoms with Gasteiger partial charge in [-0.1, -0.05) is 26.0 Å². The van der Waals surface area contributed by atoms with Crippen molar-refractivity contribution in [3.8, 4) is 5.75 Å². The molecule has 1 fully saturated rings. The minimum atomic E-state index is -0.139. The van der Waals surface area contributed by atoms with E-state index >= 15 is 0 Å². The summed E-state index contributed by atoms with van der Waals surface area (Å²) < 4.78 is 5.63. The highest BCUT2D eigenvalue weighted by molar-refractivity contribution is 7.80. The number of thiol groups is 1. The number of esters is 1. The number of hydrogen-bond donors (Lipinski definition) is 1. The van der Waals surface area contributed by atoms with E-state index in [0.29, 0.717) is 12.3 Å². The summed E-state index contributed by atoms with van der Waals surface area (Å²) in [4.78, 5) is 14.3. The Bertz CT molecular complexity index is 603.